The predicted octanol–water partition coefficient (Wildman–Crippen LogP) is 1.75. The summed E-state index contributed by atoms with van der Waals surface area (Å²) in [6.45, 7) is 0. The molecular weight excluding hydrogens is 249 g/mol. The number of aryl methyl sites for hydroxylation is 1. The molecule has 0 aliphatic carbocycles. The molecule has 2 rings (SSSR count). The molecular formula is C13H14FN3O2. The van der Waals surface area contributed by atoms with Gasteiger partial charge in [0, 0.05) is 13.2 Å². The zero-order valence-corrected chi connectivity index (χ0v) is 10.7. The van der Waals surface area contributed by atoms with Gasteiger partial charge in [0.1, 0.15) is 0 Å². The van der Waals surface area contributed by atoms with Gasteiger partial charge in [-0.15, -0.1) is 0 Å². The Bertz CT molecular complexity index is 595. The van der Waals surface area contributed by atoms with Crippen molar-refractivity contribution in [2.24, 2.45) is 7.05 Å². The van der Waals surface area contributed by atoms with E-state index >= 15 is 0 Å². The maximum atomic E-state index is 13.5. The molecule has 1 aromatic carbocycles. The standard InChI is InChI=1S/C13H14FN3O2/c1-17-8-10(7-15-17)16-13(18)6-9-3-4-12(19-2)11(14)5-9/h3-5,7-8H,6H2,1-2H3,(H,16,18). The van der Waals surface area contributed by atoms with Crippen molar-refractivity contribution in [2.45, 2.75) is 6.42 Å². The molecule has 6 heteroatoms. The number of ether oxygens (including phenoxy) is 1. The fraction of sp³-hybridized carbons (Fsp3) is 0.231. The number of hydrogen-bond donors (Lipinski definition) is 1. The predicted molar refractivity (Wildman–Crippen MR) is 68.5 cm³/mol. The molecule has 0 unspecified atom stereocenters. The first-order chi connectivity index (χ1) is 9.08. The second-order valence-corrected chi connectivity index (χ2v) is 4.10. The van der Waals surface area contributed by atoms with Gasteiger partial charge in [-0.2, -0.15) is 5.10 Å². The van der Waals surface area contributed by atoms with Crippen molar-refractivity contribution >= 4 is 11.6 Å². The lowest BCUT2D eigenvalue weighted by Crippen LogP contribution is -2.14. The van der Waals surface area contributed by atoms with Crippen LogP contribution in [0.1, 0.15) is 5.56 Å². The Morgan fingerprint density at radius 2 is 2.32 bits per heavy atom. The van der Waals surface area contributed by atoms with Gasteiger partial charge >= 0.3 is 0 Å². The molecule has 1 aromatic heterocycles. The molecule has 19 heavy (non-hydrogen) atoms. The summed E-state index contributed by atoms with van der Waals surface area (Å²) < 4.78 is 19.9. The van der Waals surface area contributed by atoms with Gasteiger partial charge < -0.3 is 10.1 Å². The van der Waals surface area contributed by atoms with Gasteiger partial charge in [0.15, 0.2) is 11.6 Å². The van der Waals surface area contributed by atoms with Crippen molar-refractivity contribution in [3.05, 3.63) is 42.0 Å². The third kappa shape index (κ3) is 3.31. The summed E-state index contributed by atoms with van der Waals surface area (Å²) in [5, 5.41) is 6.62. The third-order valence-corrected chi connectivity index (χ3v) is 2.57. The number of anilines is 1. The highest BCUT2D eigenvalue weighted by atomic mass is 19.1. The van der Waals surface area contributed by atoms with Crippen molar-refractivity contribution in [2.75, 3.05) is 12.4 Å². The van der Waals surface area contributed by atoms with E-state index in [1.54, 1.807) is 30.2 Å². The van der Waals surface area contributed by atoms with Crippen LogP contribution in [0.3, 0.4) is 0 Å². The maximum Gasteiger partial charge on any atom is 0.228 e. The molecule has 1 N–H and O–H groups in total. The van der Waals surface area contributed by atoms with E-state index in [2.05, 4.69) is 10.4 Å². The fourth-order valence-corrected chi connectivity index (χ4v) is 1.70. The number of halogens is 1. The van der Waals surface area contributed by atoms with Crippen LogP contribution in [-0.4, -0.2) is 22.8 Å². The number of rotatable bonds is 4. The molecule has 0 bridgehead atoms. The average molecular weight is 263 g/mol. The highest BCUT2D eigenvalue weighted by Crippen LogP contribution is 2.18. The first-order valence-corrected chi connectivity index (χ1v) is 5.69. The Morgan fingerprint density at radius 1 is 1.53 bits per heavy atom. The number of carbonyl (C=O) groups excluding carboxylic acids is 1. The van der Waals surface area contributed by atoms with Crippen LogP contribution in [-0.2, 0) is 18.3 Å². The van der Waals surface area contributed by atoms with Crippen molar-refractivity contribution in [3.8, 4) is 5.75 Å². The van der Waals surface area contributed by atoms with E-state index in [0.717, 1.165) is 0 Å². The van der Waals surface area contributed by atoms with Gasteiger partial charge in [-0.1, -0.05) is 6.07 Å². The average Bonchev–Trinajstić information content (AvgIpc) is 2.74. The quantitative estimate of drug-likeness (QED) is 0.914. The Hall–Kier alpha value is -2.37. The number of nitrogens with zero attached hydrogens (tertiary/aromatic N) is 2. The topological polar surface area (TPSA) is 56.1 Å². The van der Waals surface area contributed by atoms with Gasteiger partial charge in [-0.3, -0.25) is 9.48 Å². The molecule has 1 amide bonds. The maximum absolute atomic E-state index is 13.5. The van der Waals surface area contributed by atoms with Crippen LogP contribution in [0.25, 0.3) is 0 Å². The largest absolute Gasteiger partial charge is 0.494 e. The van der Waals surface area contributed by atoms with Crippen LogP contribution in [0.5, 0.6) is 5.75 Å². The Labute approximate surface area is 110 Å². The monoisotopic (exact) mass is 263 g/mol. The molecule has 0 fully saturated rings. The van der Waals surface area contributed by atoms with E-state index in [4.69, 9.17) is 4.74 Å². The molecule has 100 valence electrons. The summed E-state index contributed by atoms with van der Waals surface area (Å²) in [5.74, 6) is -0.539. The second-order valence-electron chi connectivity index (χ2n) is 4.10. The van der Waals surface area contributed by atoms with Gasteiger partial charge in [0.05, 0.1) is 25.4 Å². The highest BCUT2D eigenvalue weighted by molar-refractivity contribution is 5.91. The Kier molecular flexibility index (Phi) is 3.79. The molecule has 0 aliphatic rings. The molecule has 5 nitrogen and oxygen atoms in total. The lowest BCUT2D eigenvalue weighted by Gasteiger charge is -2.05. The van der Waals surface area contributed by atoms with Crippen molar-refractivity contribution in [1.29, 1.82) is 0 Å². The number of amides is 1. The van der Waals surface area contributed by atoms with E-state index in [9.17, 15) is 9.18 Å². The zero-order valence-electron chi connectivity index (χ0n) is 10.7. The minimum Gasteiger partial charge on any atom is -0.494 e. The number of nitrogens with one attached hydrogen (secondary N) is 1. The first-order valence-electron chi connectivity index (χ1n) is 5.69. The number of benzene rings is 1. The lowest BCUT2D eigenvalue weighted by molar-refractivity contribution is -0.115. The van der Waals surface area contributed by atoms with Crippen LogP contribution in [0.15, 0.2) is 30.6 Å². The van der Waals surface area contributed by atoms with Gasteiger partial charge in [-0.05, 0) is 17.7 Å². The van der Waals surface area contributed by atoms with Gasteiger partial charge in [0.25, 0.3) is 0 Å². The number of carbonyl (C=O) groups is 1. The Balaban J connectivity index is 2.00. The Morgan fingerprint density at radius 3 is 2.89 bits per heavy atom. The SMILES string of the molecule is COc1ccc(CC(=O)Nc2cnn(C)c2)cc1F. The van der Waals surface area contributed by atoms with Crippen LogP contribution in [0.2, 0.25) is 0 Å². The van der Waals surface area contributed by atoms with E-state index in [-0.39, 0.29) is 18.1 Å². The van der Waals surface area contributed by atoms with E-state index < -0.39 is 5.82 Å². The second kappa shape index (κ2) is 5.51. The summed E-state index contributed by atoms with van der Waals surface area (Å²) >= 11 is 0. The van der Waals surface area contributed by atoms with Crippen molar-refractivity contribution in [3.63, 3.8) is 0 Å². The smallest absolute Gasteiger partial charge is 0.228 e. The van der Waals surface area contributed by atoms with Crippen LogP contribution < -0.4 is 10.1 Å². The van der Waals surface area contributed by atoms with Gasteiger partial charge in [0.2, 0.25) is 5.91 Å². The molecule has 2 aromatic rings. The summed E-state index contributed by atoms with van der Waals surface area (Å²) in [6, 6.07) is 4.45. The normalized spacial score (nSPS) is 10.3. The molecule has 0 radical (unpaired) electrons. The molecule has 0 saturated heterocycles. The highest BCUT2D eigenvalue weighted by Gasteiger charge is 2.08. The number of hydrogen-bond acceptors (Lipinski definition) is 3. The molecule has 0 aliphatic heterocycles. The molecule has 0 saturated carbocycles. The number of methoxy groups -OCH3 is 1. The van der Waals surface area contributed by atoms with Crippen molar-refractivity contribution in [1.82, 2.24) is 9.78 Å². The lowest BCUT2D eigenvalue weighted by atomic mass is 10.1. The third-order valence-electron chi connectivity index (χ3n) is 2.57. The summed E-state index contributed by atoms with van der Waals surface area (Å²) in [5.41, 5.74) is 1.20. The number of aromatic nitrogens is 2. The van der Waals surface area contributed by atoms with Crippen molar-refractivity contribution < 1.29 is 13.9 Å². The van der Waals surface area contributed by atoms with Crippen LogP contribution in [0.4, 0.5) is 10.1 Å². The summed E-state index contributed by atoms with van der Waals surface area (Å²) in [7, 11) is 3.15. The van der Waals surface area contributed by atoms with E-state index in [1.807, 2.05) is 0 Å². The molecule has 0 atom stereocenters. The van der Waals surface area contributed by atoms with Gasteiger partial charge in [-0.25, -0.2) is 4.39 Å². The van der Waals surface area contributed by atoms with E-state index in [1.165, 1.54) is 19.2 Å². The van der Waals surface area contributed by atoms with Crippen LogP contribution in [0, 0.1) is 5.82 Å². The molecule has 0 spiro atoms. The minimum atomic E-state index is -0.478. The molecule has 1 heterocycles. The minimum absolute atomic E-state index is 0.0931. The zero-order chi connectivity index (χ0) is 13.8. The summed E-state index contributed by atoms with van der Waals surface area (Å²) in [4.78, 5) is 11.8. The van der Waals surface area contributed by atoms with E-state index in [0.29, 0.717) is 11.3 Å². The first kappa shape index (κ1) is 13.1. The summed E-state index contributed by atoms with van der Waals surface area (Å²) in [6.07, 6.45) is 3.33. The van der Waals surface area contributed by atoms with Crippen LogP contribution >= 0.6 is 0 Å². The fourth-order valence-electron chi connectivity index (χ4n) is 1.70.